The Balaban J connectivity index is 1.35. The second-order valence-corrected chi connectivity index (χ2v) is 8.88. The predicted molar refractivity (Wildman–Crippen MR) is 119 cm³/mol. The molecule has 0 spiro atoms. The molecule has 3 aromatic heterocycles. The van der Waals surface area contributed by atoms with E-state index < -0.39 is 0 Å². The lowest BCUT2D eigenvalue weighted by atomic mass is 10.3. The maximum atomic E-state index is 12.8. The highest BCUT2D eigenvalue weighted by Gasteiger charge is 2.31. The number of aromatic nitrogens is 7. The number of fused-ring (bicyclic) bond motifs is 1. The van der Waals surface area contributed by atoms with Crippen LogP contribution in [-0.2, 0) is 20.6 Å². The first kappa shape index (κ1) is 19.8. The van der Waals surface area contributed by atoms with Crippen LogP contribution in [0.3, 0.4) is 0 Å². The fraction of sp³-hybridized carbons (Fsp3) is 0.381. The molecule has 4 aromatic rings. The van der Waals surface area contributed by atoms with E-state index in [0.29, 0.717) is 35.8 Å². The summed E-state index contributed by atoms with van der Waals surface area (Å²) in [5.41, 5.74) is 1.26. The summed E-state index contributed by atoms with van der Waals surface area (Å²) in [6.07, 6.45) is 4.51. The van der Waals surface area contributed by atoms with Gasteiger partial charge >= 0.3 is 5.69 Å². The van der Waals surface area contributed by atoms with Crippen LogP contribution < -0.4 is 11.2 Å². The third kappa shape index (κ3) is 3.50. The summed E-state index contributed by atoms with van der Waals surface area (Å²) in [6.45, 7) is 0.342. The van der Waals surface area contributed by atoms with Crippen molar-refractivity contribution in [3.8, 4) is 5.69 Å². The molecule has 3 heterocycles. The highest BCUT2D eigenvalue weighted by Crippen LogP contribution is 2.41. The summed E-state index contributed by atoms with van der Waals surface area (Å²) in [5, 5.41) is 9.71. The highest BCUT2D eigenvalue weighted by molar-refractivity contribution is 7.99. The van der Waals surface area contributed by atoms with Crippen LogP contribution in [0.15, 0.2) is 51.4 Å². The minimum absolute atomic E-state index is 0.299. The Labute approximate surface area is 182 Å². The number of imidazole rings is 1. The van der Waals surface area contributed by atoms with Crippen molar-refractivity contribution in [3.63, 3.8) is 0 Å². The molecule has 0 aliphatic heterocycles. The topological polar surface area (TPSA) is 92.5 Å². The van der Waals surface area contributed by atoms with Crippen LogP contribution >= 0.6 is 11.8 Å². The zero-order chi connectivity index (χ0) is 21.5. The number of nitrogens with zero attached hydrogens (tertiary/aromatic N) is 7. The van der Waals surface area contributed by atoms with E-state index in [1.54, 1.807) is 36.8 Å². The van der Waals surface area contributed by atoms with Crippen molar-refractivity contribution in [2.45, 2.75) is 36.9 Å². The summed E-state index contributed by atoms with van der Waals surface area (Å²) in [4.78, 5) is 29.6. The molecule has 1 aliphatic rings. The lowest BCUT2D eigenvalue weighted by molar-refractivity contribution is 0.594. The van der Waals surface area contributed by atoms with Gasteiger partial charge in [0.2, 0.25) is 0 Å². The van der Waals surface area contributed by atoms with Crippen LogP contribution in [0.5, 0.6) is 0 Å². The minimum atomic E-state index is -0.343. The Morgan fingerprint density at radius 2 is 1.87 bits per heavy atom. The largest absolute Gasteiger partial charge is 0.332 e. The van der Waals surface area contributed by atoms with Gasteiger partial charge < -0.3 is 4.57 Å². The first-order valence-electron chi connectivity index (χ1n) is 10.3. The fourth-order valence-corrected chi connectivity index (χ4v) is 4.66. The third-order valence-electron chi connectivity index (χ3n) is 5.57. The molecule has 0 N–H and O–H groups in total. The quantitative estimate of drug-likeness (QED) is 0.325. The van der Waals surface area contributed by atoms with Gasteiger partial charge in [0.25, 0.3) is 5.56 Å². The van der Waals surface area contributed by atoms with Gasteiger partial charge in [0.05, 0.1) is 6.33 Å². The van der Waals surface area contributed by atoms with Gasteiger partial charge in [0.15, 0.2) is 16.3 Å². The molecular weight excluding hydrogens is 414 g/mol. The number of para-hydroxylation sites is 1. The lowest BCUT2D eigenvalue weighted by Gasteiger charge is -2.10. The van der Waals surface area contributed by atoms with E-state index in [9.17, 15) is 9.59 Å². The molecule has 0 bridgehead atoms. The molecule has 0 radical (unpaired) electrons. The van der Waals surface area contributed by atoms with Gasteiger partial charge in [0.1, 0.15) is 5.82 Å². The van der Waals surface area contributed by atoms with E-state index in [1.165, 1.54) is 9.13 Å². The van der Waals surface area contributed by atoms with Crippen molar-refractivity contribution < 1.29 is 0 Å². The van der Waals surface area contributed by atoms with Crippen molar-refractivity contribution in [3.05, 3.63) is 63.3 Å². The number of rotatable bonds is 7. The second-order valence-electron chi connectivity index (χ2n) is 7.81. The molecule has 0 unspecified atom stereocenters. The number of hydrogen-bond donors (Lipinski definition) is 0. The van der Waals surface area contributed by atoms with E-state index in [-0.39, 0.29) is 11.2 Å². The smallest absolute Gasteiger partial charge is 0.328 e. The van der Waals surface area contributed by atoms with E-state index in [2.05, 4.69) is 31.9 Å². The van der Waals surface area contributed by atoms with Crippen LogP contribution in [-0.4, -0.2) is 39.2 Å². The predicted octanol–water partition coefficient (Wildman–Crippen LogP) is 2.07. The monoisotopic (exact) mass is 437 g/mol. The Hall–Kier alpha value is -3.14. The molecule has 0 saturated heterocycles. The molecular formula is C21H23N7O2S. The molecule has 160 valence electrons. The number of benzene rings is 1. The molecule has 31 heavy (non-hydrogen) atoms. The molecule has 0 amide bonds. The van der Waals surface area contributed by atoms with Gasteiger partial charge in [-0.05, 0) is 31.4 Å². The Morgan fingerprint density at radius 3 is 2.61 bits per heavy atom. The molecule has 1 aromatic carbocycles. The van der Waals surface area contributed by atoms with Gasteiger partial charge in [-0.2, -0.15) is 0 Å². The normalized spacial score (nSPS) is 13.9. The Morgan fingerprint density at radius 1 is 1.10 bits per heavy atom. The first-order chi connectivity index (χ1) is 15.1. The number of aryl methyl sites for hydroxylation is 2. The van der Waals surface area contributed by atoms with Gasteiger partial charge in [-0.1, -0.05) is 30.0 Å². The van der Waals surface area contributed by atoms with Gasteiger partial charge in [-0.3, -0.25) is 18.5 Å². The third-order valence-corrected chi connectivity index (χ3v) is 6.59. The maximum Gasteiger partial charge on any atom is 0.332 e. The van der Waals surface area contributed by atoms with Crippen molar-refractivity contribution in [1.29, 1.82) is 0 Å². The van der Waals surface area contributed by atoms with Gasteiger partial charge in [-0.25, -0.2) is 9.78 Å². The average Bonchev–Trinajstić information content (AvgIpc) is 3.42. The molecule has 1 fully saturated rings. The Kier molecular flexibility index (Phi) is 5.01. The van der Waals surface area contributed by atoms with E-state index in [4.69, 9.17) is 0 Å². The molecule has 1 saturated carbocycles. The van der Waals surface area contributed by atoms with Crippen LogP contribution in [0.4, 0.5) is 0 Å². The SMILES string of the molecule is Cn1cnc2c1c(=O)n(CCCSc1nnc(C3CC3)n1-c1ccccc1)c(=O)n2C. The summed E-state index contributed by atoms with van der Waals surface area (Å²) in [5.74, 6) is 2.21. The standard InChI is InChI=1S/C21H23N7O2S/c1-25-13-22-18-16(25)19(29)27(21(30)26(18)2)11-6-12-31-20-24-23-17(14-9-10-14)28(20)15-7-4-3-5-8-15/h3-5,7-8,13-14H,6,9-12H2,1-2H3. The van der Waals surface area contributed by atoms with Crippen LogP contribution in [0.2, 0.25) is 0 Å². The maximum absolute atomic E-state index is 12.8. The number of hydrogen-bond acceptors (Lipinski definition) is 6. The lowest BCUT2D eigenvalue weighted by Crippen LogP contribution is -2.39. The average molecular weight is 438 g/mol. The second kappa shape index (κ2) is 7.84. The van der Waals surface area contributed by atoms with Gasteiger partial charge in [-0.15, -0.1) is 10.2 Å². The molecule has 1 aliphatic carbocycles. The van der Waals surface area contributed by atoms with E-state index in [0.717, 1.165) is 29.5 Å². The summed E-state index contributed by atoms with van der Waals surface area (Å²) in [7, 11) is 3.40. The van der Waals surface area contributed by atoms with Crippen molar-refractivity contribution in [2.75, 3.05) is 5.75 Å². The summed E-state index contributed by atoms with van der Waals surface area (Å²) in [6, 6.07) is 10.1. The molecule has 0 atom stereocenters. The van der Waals surface area contributed by atoms with E-state index >= 15 is 0 Å². The zero-order valence-corrected chi connectivity index (χ0v) is 18.2. The number of thioether (sulfide) groups is 1. The minimum Gasteiger partial charge on any atom is -0.328 e. The summed E-state index contributed by atoms with van der Waals surface area (Å²) < 4.78 is 6.51. The van der Waals surface area contributed by atoms with Crippen LogP contribution in [0.1, 0.15) is 31.0 Å². The van der Waals surface area contributed by atoms with Crippen molar-refractivity contribution in [1.82, 2.24) is 33.4 Å². The van der Waals surface area contributed by atoms with Gasteiger partial charge in [0, 0.05) is 38.0 Å². The summed E-state index contributed by atoms with van der Waals surface area (Å²) >= 11 is 1.60. The highest BCUT2D eigenvalue weighted by atomic mass is 32.2. The van der Waals surface area contributed by atoms with E-state index in [1.807, 2.05) is 18.2 Å². The molecule has 9 nitrogen and oxygen atoms in total. The van der Waals surface area contributed by atoms with Crippen LogP contribution in [0, 0.1) is 0 Å². The first-order valence-corrected chi connectivity index (χ1v) is 11.3. The van der Waals surface area contributed by atoms with Crippen molar-refractivity contribution >= 4 is 22.9 Å². The molecule has 5 rings (SSSR count). The van der Waals surface area contributed by atoms with Crippen LogP contribution in [0.25, 0.3) is 16.9 Å². The molecule has 10 heteroatoms. The Bertz CT molecular complexity index is 1360. The fourth-order valence-electron chi connectivity index (χ4n) is 3.78. The van der Waals surface area contributed by atoms with Crippen molar-refractivity contribution in [2.24, 2.45) is 14.1 Å². The zero-order valence-electron chi connectivity index (χ0n) is 17.4.